The van der Waals surface area contributed by atoms with Crippen LogP contribution in [0.1, 0.15) is 17.3 Å². The van der Waals surface area contributed by atoms with E-state index in [-0.39, 0.29) is 5.91 Å². The van der Waals surface area contributed by atoms with E-state index in [1.165, 1.54) is 6.92 Å². The zero-order chi connectivity index (χ0) is 14.3. The summed E-state index contributed by atoms with van der Waals surface area (Å²) >= 11 is 1.59. The van der Waals surface area contributed by atoms with Gasteiger partial charge in [-0.3, -0.25) is 4.79 Å². The van der Waals surface area contributed by atoms with Gasteiger partial charge in [-0.15, -0.1) is 18.3 Å². The summed E-state index contributed by atoms with van der Waals surface area (Å²) in [6.45, 7) is 5.38. The lowest BCUT2D eigenvalue weighted by atomic mass is 10.2. The van der Waals surface area contributed by atoms with E-state index < -0.39 is 12.1 Å². The van der Waals surface area contributed by atoms with E-state index in [0.717, 1.165) is 4.90 Å². The molecule has 5 heteroatoms. The van der Waals surface area contributed by atoms with Crippen LogP contribution in [0.25, 0.3) is 0 Å². The molecule has 0 saturated heterocycles. The van der Waals surface area contributed by atoms with Crippen molar-refractivity contribution in [2.45, 2.75) is 17.9 Å². The number of carbonyl (C=O) groups is 2. The minimum atomic E-state index is -0.826. The Kier molecular flexibility index (Phi) is 6.15. The van der Waals surface area contributed by atoms with Gasteiger partial charge in [-0.2, -0.15) is 0 Å². The van der Waals surface area contributed by atoms with Crippen molar-refractivity contribution in [2.75, 3.05) is 12.8 Å². The third-order valence-electron chi connectivity index (χ3n) is 2.40. The summed E-state index contributed by atoms with van der Waals surface area (Å²) < 4.78 is 5.08. The summed E-state index contributed by atoms with van der Waals surface area (Å²) in [5.74, 6) is -0.845. The lowest BCUT2D eigenvalue weighted by Crippen LogP contribution is -2.35. The first kappa shape index (κ1) is 15.3. The minimum Gasteiger partial charge on any atom is -0.449 e. The maximum Gasteiger partial charge on any atom is 0.338 e. The van der Waals surface area contributed by atoms with Crippen molar-refractivity contribution in [3.63, 3.8) is 0 Å². The van der Waals surface area contributed by atoms with Crippen molar-refractivity contribution >= 4 is 23.6 Å². The second kappa shape index (κ2) is 7.63. The predicted octanol–water partition coefficient (Wildman–Crippen LogP) is 2.26. The fraction of sp³-hybridized carbons (Fsp3) is 0.286. The SMILES string of the molecule is C=CCNC(=O)[C@H](C)OC(=O)c1ccc(SC)cc1. The fourth-order valence-corrected chi connectivity index (χ4v) is 1.73. The van der Waals surface area contributed by atoms with Crippen molar-refractivity contribution in [3.05, 3.63) is 42.5 Å². The number of hydrogen-bond donors (Lipinski definition) is 1. The van der Waals surface area contributed by atoms with Gasteiger partial charge in [0.1, 0.15) is 0 Å². The monoisotopic (exact) mass is 279 g/mol. The number of hydrogen-bond acceptors (Lipinski definition) is 4. The number of carbonyl (C=O) groups excluding carboxylic acids is 2. The highest BCUT2D eigenvalue weighted by molar-refractivity contribution is 7.98. The quantitative estimate of drug-likeness (QED) is 0.493. The van der Waals surface area contributed by atoms with Crippen LogP contribution < -0.4 is 5.32 Å². The van der Waals surface area contributed by atoms with Crippen molar-refractivity contribution in [3.8, 4) is 0 Å². The van der Waals surface area contributed by atoms with Gasteiger partial charge >= 0.3 is 5.97 Å². The molecule has 0 radical (unpaired) electrons. The number of rotatable bonds is 6. The fourth-order valence-electron chi connectivity index (χ4n) is 1.33. The number of thioether (sulfide) groups is 1. The number of nitrogens with one attached hydrogen (secondary N) is 1. The molecule has 4 nitrogen and oxygen atoms in total. The summed E-state index contributed by atoms with van der Waals surface area (Å²) in [7, 11) is 0. The second-order valence-corrected chi connectivity index (χ2v) is 4.69. The van der Waals surface area contributed by atoms with Crippen LogP contribution in [0.4, 0.5) is 0 Å². The molecule has 1 rings (SSSR count). The molecule has 0 aromatic heterocycles. The maximum atomic E-state index is 11.8. The number of esters is 1. The van der Waals surface area contributed by atoms with Crippen LogP contribution >= 0.6 is 11.8 Å². The molecule has 0 fully saturated rings. The van der Waals surface area contributed by atoms with Crippen LogP contribution in [0.2, 0.25) is 0 Å². The Bertz CT molecular complexity index is 456. The molecule has 0 unspecified atom stereocenters. The standard InChI is InChI=1S/C14H17NO3S/c1-4-9-15-13(16)10(2)18-14(17)11-5-7-12(19-3)8-6-11/h4-8,10H,1,9H2,2-3H3,(H,15,16)/t10-/m0/s1. The highest BCUT2D eigenvalue weighted by atomic mass is 32.2. The van der Waals surface area contributed by atoms with Crippen molar-refractivity contribution in [1.82, 2.24) is 5.32 Å². The van der Waals surface area contributed by atoms with Gasteiger partial charge in [-0.1, -0.05) is 6.08 Å². The van der Waals surface area contributed by atoms with E-state index in [9.17, 15) is 9.59 Å². The minimum absolute atomic E-state index is 0.339. The highest BCUT2D eigenvalue weighted by Gasteiger charge is 2.18. The molecule has 0 aliphatic rings. The third-order valence-corrected chi connectivity index (χ3v) is 3.14. The first-order valence-corrected chi connectivity index (χ1v) is 7.04. The van der Waals surface area contributed by atoms with Crippen molar-refractivity contribution < 1.29 is 14.3 Å². The third kappa shape index (κ3) is 4.79. The highest BCUT2D eigenvalue weighted by Crippen LogP contribution is 2.15. The molecule has 0 heterocycles. The number of amides is 1. The van der Waals surface area contributed by atoms with Crippen LogP contribution in [-0.2, 0) is 9.53 Å². The Morgan fingerprint density at radius 1 is 1.42 bits per heavy atom. The molecule has 1 aromatic rings. The van der Waals surface area contributed by atoms with Crippen LogP contribution in [0.15, 0.2) is 41.8 Å². The van der Waals surface area contributed by atoms with Gasteiger partial charge in [0.05, 0.1) is 5.56 Å². The normalized spacial score (nSPS) is 11.5. The van der Waals surface area contributed by atoms with Gasteiger partial charge in [0.2, 0.25) is 0 Å². The largest absolute Gasteiger partial charge is 0.449 e. The molecule has 19 heavy (non-hydrogen) atoms. The molecule has 1 aromatic carbocycles. The lowest BCUT2D eigenvalue weighted by Gasteiger charge is -2.12. The summed E-state index contributed by atoms with van der Waals surface area (Å²) in [6.07, 6.45) is 2.69. The van der Waals surface area contributed by atoms with Crippen LogP contribution in [0.5, 0.6) is 0 Å². The Morgan fingerprint density at radius 3 is 2.58 bits per heavy atom. The Labute approximate surface area is 117 Å². The van der Waals surface area contributed by atoms with Gasteiger partial charge in [-0.25, -0.2) is 4.79 Å². The molecule has 1 N–H and O–H groups in total. The number of benzene rings is 1. The van der Waals surface area contributed by atoms with E-state index in [2.05, 4.69) is 11.9 Å². The molecule has 0 saturated carbocycles. The van der Waals surface area contributed by atoms with Gasteiger partial charge in [0.15, 0.2) is 6.10 Å². The van der Waals surface area contributed by atoms with E-state index in [0.29, 0.717) is 12.1 Å². The molecular formula is C14H17NO3S. The molecular weight excluding hydrogens is 262 g/mol. The van der Waals surface area contributed by atoms with E-state index in [1.54, 1.807) is 30.0 Å². The molecule has 0 aliphatic carbocycles. The zero-order valence-corrected chi connectivity index (χ0v) is 11.8. The van der Waals surface area contributed by atoms with Crippen LogP contribution in [0, 0.1) is 0 Å². The lowest BCUT2D eigenvalue weighted by molar-refractivity contribution is -0.128. The molecule has 0 bridgehead atoms. The molecule has 1 atom stereocenters. The zero-order valence-electron chi connectivity index (χ0n) is 11.0. The molecule has 0 spiro atoms. The van der Waals surface area contributed by atoms with Crippen molar-refractivity contribution in [2.24, 2.45) is 0 Å². The van der Waals surface area contributed by atoms with E-state index in [1.807, 2.05) is 18.4 Å². The smallest absolute Gasteiger partial charge is 0.338 e. The summed E-state index contributed by atoms with van der Waals surface area (Å²) in [5.41, 5.74) is 0.432. The second-order valence-electron chi connectivity index (χ2n) is 3.81. The molecule has 0 aliphatic heterocycles. The van der Waals surface area contributed by atoms with Gasteiger partial charge in [-0.05, 0) is 37.4 Å². The molecule has 102 valence electrons. The maximum absolute atomic E-state index is 11.8. The van der Waals surface area contributed by atoms with E-state index in [4.69, 9.17) is 4.74 Å². The molecule has 1 amide bonds. The van der Waals surface area contributed by atoms with Gasteiger partial charge < -0.3 is 10.1 Å². The van der Waals surface area contributed by atoms with Crippen LogP contribution in [-0.4, -0.2) is 30.8 Å². The Hall–Kier alpha value is -1.75. The summed E-state index contributed by atoms with van der Waals surface area (Å²) in [5, 5.41) is 2.57. The Balaban J connectivity index is 2.57. The van der Waals surface area contributed by atoms with Gasteiger partial charge in [0.25, 0.3) is 5.91 Å². The van der Waals surface area contributed by atoms with Crippen LogP contribution in [0.3, 0.4) is 0 Å². The average molecular weight is 279 g/mol. The van der Waals surface area contributed by atoms with E-state index >= 15 is 0 Å². The van der Waals surface area contributed by atoms with Crippen molar-refractivity contribution in [1.29, 1.82) is 0 Å². The predicted molar refractivity (Wildman–Crippen MR) is 76.3 cm³/mol. The Morgan fingerprint density at radius 2 is 2.05 bits per heavy atom. The summed E-state index contributed by atoms with van der Waals surface area (Å²) in [4.78, 5) is 24.4. The first-order chi connectivity index (χ1) is 9.08. The van der Waals surface area contributed by atoms with Gasteiger partial charge in [0, 0.05) is 11.4 Å². The summed E-state index contributed by atoms with van der Waals surface area (Å²) in [6, 6.07) is 7.04. The number of ether oxygens (including phenoxy) is 1. The average Bonchev–Trinajstić information content (AvgIpc) is 2.44. The first-order valence-electron chi connectivity index (χ1n) is 5.82. The topological polar surface area (TPSA) is 55.4 Å².